The van der Waals surface area contributed by atoms with E-state index in [-0.39, 0.29) is 26.1 Å². The van der Waals surface area contributed by atoms with Gasteiger partial charge in [0, 0.05) is 23.5 Å². The van der Waals surface area contributed by atoms with Gasteiger partial charge in [-0.1, -0.05) is 48.5 Å². The second-order valence-electron chi connectivity index (χ2n) is 7.40. The van der Waals surface area contributed by atoms with Gasteiger partial charge in [-0.25, -0.2) is 9.59 Å². The van der Waals surface area contributed by atoms with Crippen molar-refractivity contribution in [1.82, 2.24) is 20.9 Å². The number of benzene rings is 2. The van der Waals surface area contributed by atoms with Crippen LogP contribution in [0.2, 0.25) is 0 Å². The standard InChI is InChI=1S/C24H26N4O6/c1-33-23(31)20(11-17-12-25-19-10-6-5-9-18(17)19)28-22(30)14-26-21(29)13-27-24(32)34-15-16-7-3-2-4-8-16/h2-10,12,20,25H,11,13-15H2,1H3,(H,26,29)(H,27,32)(H,28,30)/t20-/m0/s1. The molecule has 0 saturated heterocycles. The van der Waals surface area contributed by atoms with Crippen molar-refractivity contribution in [3.05, 3.63) is 71.9 Å². The van der Waals surface area contributed by atoms with Gasteiger partial charge in [0.25, 0.3) is 0 Å². The molecule has 34 heavy (non-hydrogen) atoms. The number of carbonyl (C=O) groups is 4. The summed E-state index contributed by atoms with van der Waals surface area (Å²) in [5.41, 5.74) is 2.56. The number of aromatic amines is 1. The lowest BCUT2D eigenvalue weighted by Gasteiger charge is -2.16. The first-order chi connectivity index (χ1) is 16.5. The molecule has 0 aliphatic carbocycles. The number of aromatic nitrogens is 1. The average molecular weight is 466 g/mol. The highest BCUT2D eigenvalue weighted by atomic mass is 16.5. The van der Waals surface area contributed by atoms with Crippen molar-refractivity contribution in [2.75, 3.05) is 20.2 Å². The number of fused-ring (bicyclic) bond motifs is 1. The van der Waals surface area contributed by atoms with Gasteiger partial charge in [0.2, 0.25) is 11.8 Å². The highest BCUT2D eigenvalue weighted by Gasteiger charge is 2.23. The lowest BCUT2D eigenvalue weighted by molar-refractivity contribution is -0.144. The molecule has 2 aromatic carbocycles. The second kappa shape index (κ2) is 12.0. The first kappa shape index (κ1) is 24.3. The molecule has 1 atom stereocenters. The molecule has 0 aliphatic rings. The van der Waals surface area contributed by atoms with Crippen LogP contribution in [0.15, 0.2) is 60.8 Å². The van der Waals surface area contributed by atoms with Crippen LogP contribution in [-0.4, -0.2) is 55.1 Å². The Bertz CT molecular complexity index is 1140. The second-order valence-corrected chi connectivity index (χ2v) is 7.40. The van der Waals surface area contributed by atoms with E-state index in [9.17, 15) is 19.2 Å². The molecule has 0 saturated carbocycles. The predicted molar refractivity (Wildman–Crippen MR) is 124 cm³/mol. The molecule has 3 amide bonds. The van der Waals surface area contributed by atoms with Crippen molar-refractivity contribution in [2.45, 2.75) is 19.1 Å². The molecule has 0 aliphatic heterocycles. The van der Waals surface area contributed by atoms with E-state index >= 15 is 0 Å². The minimum absolute atomic E-state index is 0.0715. The number of amides is 3. The fraction of sp³-hybridized carbons (Fsp3) is 0.250. The molecule has 4 N–H and O–H groups in total. The summed E-state index contributed by atoms with van der Waals surface area (Å²) < 4.78 is 9.82. The normalized spacial score (nSPS) is 11.3. The van der Waals surface area contributed by atoms with Gasteiger partial charge in [-0.15, -0.1) is 0 Å². The van der Waals surface area contributed by atoms with Gasteiger partial charge in [0.05, 0.1) is 13.7 Å². The van der Waals surface area contributed by atoms with Gasteiger partial charge in [-0.05, 0) is 17.2 Å². The van der Waals surface area contributed by atoms with Gasteiger partial charge in [0.1, 0.15) is 19.2 Å². The maximum absolute atomic E-state index is 12.3. The Morgan fingerprint density at radius 3 is 2.38 bits per heavy atom. The van der Waals surface area contributed by atoms with Crippen LogP contribution in [0.5, 0.6) is 0 Å². The van der Waals surface area contributed by atoms with Crippen molar-refractivity contribution in [3.8, 4) is 0 Å². The summed E-state index contributed by atoms with van der Waals surface area (Å²) >= 11 is 0. The number of hydrogen-bond acceptors (Lipinski definition) is 6. The molecule has 0 spiro atoms. The first-order valence-corrected chi connectivity index (χ1v) is 10.6. The molecule has 10 heteroatoms. The first-order valence-electron chi connectivity index (χ1n) is 10.6. The summed E-state index contributed by atoms with van der Waals surface area (Å²) in [5, 5.41) is 8.20. The minimum atomic E-state index is -0.931. The Hall–Kier alpha value is -4.34. The molecule has 178 valence electrons. The number of ether oxygens (including phenoxy) is 2. The molecule has 3 rings (SSSR count). The number of alkyl carbamates (subject to hydrolysis) is 1. The quantitative estimate of drug-likeness (QED) is 0.333. The highest BCUT2D eigenvalue weighted by molar-refractivity contribution is 5.90. The molecule has 0 unspecified atom stereocenters. The van der Waals surface area contributed by atoms with Crippen LogP contribution in [0.25, 0.3) is 10.9 Å². The van der Waals surface area contributed by atoms with E-state index in [1.165, 1.54) is 7.11 Å². The van der Waals surface area contributed by atoms with Crippen LogP contribution in [-0.2, 0) is 36.9 Å². The van der Waals surface area contributed by atoms with E-state index < -0.39 is 29.9 Å². The summed E-state index contributed by atoms with van der Waals surface area (Å²) in [6, 6.07) is 15.8. The Kier molecular flexibility index (Phi) is 8.61. The van der Waals surface area contributed by atoms with Crippen molar-refractivity contribution in [3.63, 3.8) is 0 Å². The van der Waals surface area contributed by atoms with Crippen LogP contribution in [0, 0.1) is 0 Å². The fourth-order valence-corrected chi connectivity index (χ4v) is 3.27. The zero-order chi connectivity index (χ0) is 24.3. The third-order valence-electron chi connectivity index (χ3n) is 4.97. The molecule has 0 radical (unpaired) electrons. The minimum Gasteiger partial charge on any atom is -0.467 e. The SMILES string of the molecule is COC(=O)[C@H](Cc1c[nH]c2ccccc12)NC(=O)CNC(=O)CNC(=O)OCc1ccccc1. The van der Waals surface area contributed by atoms with Crippen molar-refractivity contribution in [2.24, 2.45) is 0 Å². The summed E-state index contributed by atoms with van der Waals surface area (Å²) in [6.45, 7) is -0.667. The lowest BCUT2D eigenvalue weighted by Crippen LogP contribution is -2.48. The third-order valence-corrected chi connectivity index (χ3v) is 4.97. The zero-order valence-corrected chi connectivity index (χ0v) is 18.6. The molecule has 0 bridgehead atoms. The number of carbonyl (C=O) groups excluding carboxylic acids is 4. The van der Waals surface area contributed by atoms with E-state index in [0.29, 0.717) is 0 Å². The molecular weight excluding hydrogens is 440 g/mol. The number of para-hydroxylation sites is 1. The van der Waals surface area contributed by atoms with Gasteiger partial charge in [-0.3, -0.25) is 9.59 Å². The smallest absolute Gasteiger partial charge is 0.407 e. The van der Waals surface area contributed by atoms with Crippen LogP contribution in [0.1, 0.15) is 11.1 Å². The topological polar surface area (TPSA) is 139 Å². The summed E-state index contributed by atoms with van der Waals surface area (Å²) in [6.07, 6.45) is 1.23. The van der Waals surface area contributed by atoms with Gasteiger partial charge < -0.3 is 30.4 Å². The van der Waals surface area contributed by atoms with Crippen LogP contribution in [0.4, 0.5) is 4.79 Å². The Morgan fingerprint density at radius 1 is 0.912 bits per heavy atom. The summed E-state index contributed by atoms with van der Waals surface area (Å²) in [5.74, 6) is -1.76. The number of nitrogens with one attached hydrogen (secondary N) is 4. The molecular formula is C24H26N4O6. The van der Waals surface area contributed by atoms with Gasteiger partial charge >= 0.3 is 12.1 Å². The number of H-pyrrole nitrogens is 1. The predicted octanol–water partition coefficient (Wildman–Crippen LogP) is 1.41. The third kappa shape index (κ3) is 7.09. The molecule has 1 aromatic heterocycles. The monoisotopic (exact) mass is 466 g/mol. The van der Waals surface area contributed by atoms with Crippen molar-refractivity contribution < 1.29 is 28.7 Å². The van der Waals surface area contributed by atoms with Crippen LogP contribution >= 0.6 is 0 Å². The average Bonchev–Trinajstić information content (AvgIpc) is 3.27. The number of hydrogen-bond donors (Lipinski definition) is 4. The number of esters is 1. The fourth-order valence-electron chi connectivity index (χ4n) is 3.27. The van der Waals surface area contributed by atoms with E-state index in [1.54, 1.807) is 18.3 Å². The van der Waals surface area contributed by atoms with Crippen LogP contribution < -0.4 is 16.0 Å². The van der Waals surface area contributed by atoms with Crippen LogP contribution in [0.3, 0.4) is 0 Å². The largest absolute Gasteiger partial charge is 0.467 e. The van der Waals surface area contributed by atoms with Gasteiger partial charge in [-0.2, -0.15) is 0 Å². The summed E-state index contributed by atoms with van der Waals surface area (Å²) in [7, 11) is 1.24. The maximum Gasteiger partial charge on any atom is 0.407 e. The number of rotatable bonds is 10. The Morgan fingerprint density at radius 2 is 1.62 bits per heavy atom. The molecule has 10 nitrogen and oxygen atoms in total. The van der Waals surface area contributed by atoms with E-state index in [4.69, 9.17) is 9.47 Å². The Balaban J connectivity index is 1.42. The van der Waals surface area contributed by atoms with Crippen molar-refractivity contribution in [1.29, 1.82) is 0 Å². The Labute approximate surface area is 196 Å². The highest BCUT2D eigenvalue weighted by Crippen LogP contribution is 2.19. The number of methoxy groups -OCH3 is 1. The molecule has 1 heterocycles. The molecule has 3 aromatic rings. The van der Waals surface area contributed by atoms with Gasteiger partial charge in [0.15, 0.2) is 0 Å². The lowest BCUT2D eigenvalue weighted by atomic mass is 10.0. The maximum atomic E-state index is 12.3. The van der Waals surface area contributed by atoms with Crippen molar-refractivity contribution >= 4 is 34.8 Å². The van der Waals surface area contributed by atoms with E-state index in [0.717, 1.165) is 22.0 Å². The molecule has 0 fully saturated rings. The van der Waals surface area contributed by atoms with E-state index in [1.807, 2.05) is 42.5 Å². The van der Waals surface area contributed by atoms with E-state index in [2.05, 4.69) is 20.9 Å². The zero-order valence-electron chi connectivity index (χ0n) is 18.6. The summed E-state index contributed by atoms with van der Waals surface area (Å²) in [4.78, 5) is 51.3.